The Hall–Kier alpha value is -0.160. The highest BCUT2D eigenvalue weighted by Crippen LogP contribution is 2.63. The number of ether oxygens (including phenoxy) is 3. The van der Waals surface area contributed by atoms with Gasteiger partial charge in [0.25, 0.3) is 6.48 Å². The lowest BCUT2D eigenvalue weighted by Crippen LogP contribution is -2.45. The van der Waals surface area contributed by atoms with Gasteiger partial charge in [-0.2, -0.15) is 0 Å². The molecule has 0 aromatic rings. The lowest BCUT2D eigenvalue weighted by molar-refractivity contribution is -0.247. The summed E-state index contributed by atoms with van der Waals surface area (Å²) in [4.78, 5) is 0. The Balaban J connectivity index is 1.50. The largest absolute Gasteiger partial charge is 0.330 e. The Morgan fingerprint density at radius 2 is 1.94 bits per heavy atom. The van der Waals surface area contributed by atoms with Gasteiger partial charge in [-0.3, -0.25) is 0 Å². The molecule has 4 fully saturated rings. The summed E-state index contributed by atoms with van der Waals surface area (Å²) in [7, 11) is 0. The van der Waals surface area contributed by atoms with Crippen LogP contribution in [0.3, 0.4) is 0 Å². The van der Waals surface area contributed by atoms with Gasteiger partial charge in [0.05, 0.1) is 12.2 Å². The Labute approximate surface area is 108 Å². The Kier molecular flexibility index (Phi) is 2.54. The van der Waals surface area contributed by atoms with E-state index in [-0.39, 0.29) is 12.2 Å². The van der Waals surface area contributed by atoms with Crippen LogP contribution in [0.4, 0.5) is 0 Å². The lowest BCUT2D eigenvalue weighted by atomic mass is 9.69. The molecular formula is C14H23NO3. The maximum absolute atomic E-state index is 6.51. The maximum atomic E-state index is 6.51. The molecule has 4 nitrogen and oxygen atoms in total. The van der Waals surface area contributed by atoms with Crippen LogP contribution in [0.25, 0.3) is 0 Å². The molecular weight excluding hydrogens is 230 g/mol. The Bertz CT molecular complexity index is 330. The molecule has 1 aliphatic heterocycles. The summed E-state index contributed by atoms with van der Waals surface area (Å²) in [6.45, 7) is 2.17. The van der Waals surface area contributed by atoms with E-state index >= 15 is 0 Å². The second kappa shape index (κ2) is 3.92. The molecule has 5 atom stereocenters. The minimum atomic E-state index is -0.433. The van der Waals surface area contributed by atoms with Crippen LogP contribution in [0.1, 0.15) is 39.0 Å². The predicted octanol–water partition coefficient (Wildman–Crippen LogP) is 1.63. The summed E-state index contributed by atoms with van der Waals surface area (Å²) >= 11 is 0. The van der Waals surface area contributed by atoms with E-state index < -0.39 is 6.48 Å². The van der Waals surface area contributed by atoms with Crippen LogP contribution in [-0.2, 0) is 14.2 Å². The molecule has 4 aliphatic rings. The third kappa shape index (κ3) is 1.40. The predicted molar refractivity (Wildman–Crippen MR) is 65.6 cm³/mol. The highest BCUT2D eigenvalue weighted by Gasteiger charge is 2.63. The van der Waals surface area contributed by atoms with Gasteiger partial charge in [-0.1, -0.05) is 0 Å². The summed E-state index contributed by atoms with van der Waals surface area (Å²) in [6, 6.07) is 0.375. The zero-order valence-corrected chi connectivity index (χ0v) is 11.0. The van der Waals surface area contributed by atoms with Gasteiger partial charge in [0.1, 0.15) is 0 Å². The molecule has 3 aliphatic carbocycles. The summed E-state index contributed by atoms with van der Waals surface area (Å²) in [5.41, 5.74) is 6.83. The fraction of sp³-hybridized carbons (Fsp3) is 1.00. The SMILES string of the molecule is CCOC1O[C@H]2CC3(C[C@@H]2O1)C1CCC(C1)C3N. The maximum Gasteiger partial charge on any atom is 0.272 e. The normalized spacial score (nSPS) is 49.3. The molecule has 102 valence electrons. The summed E-state index contributed by atoms with van der Waals surface area (Å²) in [5.74, 6) is 1.58. The van der Waals surface area contributed by atoms with Crippen LogP contribution in [0.15, 0.2) is 0 Å². The second-order valence-electron chi connectivity index (χ2n) is 6.53. The van der Waals surface area contributed by atoms with Crippen LogP contribution < -0.4 is 5.73 Å². The zero-order chi connectivity index (χ0) is 12.3. The van der Waals surface area contributed by atoms with Crippen molar-refractivity contribution in [3.63, 3.8) is 0 Å². The van der Waals surface area contributed by atoms with E-state index in [2.05, 4.69) is 0 Å². The van der Waals surface area contributed by atoms with Gasteiger partial charge in [0, 0.05) is 12.6 Å². The number of hydrogen-bond donors (Lipinski definition) is 1. The minimum Gasteiger partial charge on any atom is -0.330 e. The molecule has 4 heteroatoms. The summed E-state index contributed by atoms with van der Waals surface area (Å²) in [6.07, 6.45) is 6.65. The first-order valence-electron chi connectivity index (χ1n) is 7.41. The standard InChI is InChI=1S/C14H23NO3/c1-2-16-13-17-10-6-14(7-11(10)18-13)9-4-3-8(5-9)12(14)15/h8-13H,2-7,15H2,1H3/t8?,9?,10-,11-,12?,13?,14?/m0/s1. The molecule has 1 heterocycles. The molecule has 1 spiro atoms. The fourth-order valence-electron chi connectivity index (χ4n) is 5.11. The van der Waals surface area contributed by atoms with Gasteiger partial charge in [0.15, 0.2) is 0 Å². The second-order valence-corrected chi connectivity index (χ2v) is 6.53. The van der Waals surface area contributed by atoms with Crippen LogP contribution >= 0.6 is 0 Å². The fourth-order valence-corrected chi connectivity index (χ4v) is 5.11. The van der Waals surface area contributed by atoms with Gasteiger partial charge in [-0.15, -0.1) is 0 Å². The van der Waals surface area contributed by atoms with Gasteiger partial charge in [0.2, 0.25) is 0 Å². The first kappa shape index (κ1) is 11.6. The van der Waals surface area contributed by atoms with E-state index in [1.165, 1.54) is 19.3 Å². The molecule has 0 aromatic carbocycles. The molecule has 2 bridgehead atoms. The summed E-state index contributed by atoms with van der Waals surface area (Å²) < 4.78 is 17.1. The van der Waals surface area contributed by atoms with Crippen molar-refractivity contribution in [1.29, 1.82) is 0 Å². The van der Waals surface area contributed by atoms with Crippen molar-refractivity contribution < 1.29 is 14.2 Å². The van der Waals surface area contributed by atoms with Crippen molar-refractivity contribution in [3.8, 4) is 0 Å². The first-order chi connectivity index (χ1) is 8.73. The topological polar surface area (TPSA) is 53.7 Å². The molecule has 0 amide bonds. The van der Waals surface area contributed by atoms with E-state index in [1.807, 2.05) is 6.92 Å². The highest BCUT2D eigenvalue weighted by molar-refractivity contribution is 5.14. The van der Waals surface area contributed by atoms with E-state index in [0.717, 1.165) is 24.7 Å². The molecule has 2 N–H and O–H groups in total. The van der Waals surface area contributed by atoms with E-state index in [0.29, 0.717) is 18.1 Å². The van der Waals surface area contributed by atoms with Crippen LogP contribution in [0, 0.1) is 17.3 Å². The van der Waals surface area contributed by atoms with Crippen molar-refractivity contribution in [3.05, 3.63) is 0 Å². The van der Waals surface area contributed by atoms with Crippen LogP contribution in [0.2, 0.25) is 0 Å². The monoisotopic (exact) mass is 253 g/mol. The third-order valence-electron chi connectivity index (χ3n) is 5.91. The lowest BCUT2D eigenvalue weighted by Gasteiger charge is -2.40. The zero-order valence-electron chi connectivity index (χ0n) is 11.0. The average Bonchev–Trinajstić information content (AvgIpc) is 3.02. The molecule has 0 aromatic heterocycles. The van der Waals surface area contributed by atoms with E-state index in [9.17, 15) is 0 Å². The van der Waals surface area contributed by atoms with Crippen molar-refractivity contribution in [2.45, 2.75) is 63.8 Å². The first-order valence-corrected chi connectivity index (χ1v) is 7.41. The summed E-state index contributed by atoms with van der Waals surface area (Å²) in [5, 5.41) is 0. The van der Waals surface area contributed by atoms with E-state index in [1.54, 1.807) is 0 Å². The third-order valence-corrected chi connectivity index (χ3v) is 5.91. The Morgan fingerprint density at radius 1 is 1.22 bits per heavy atom. The molecule has 1 saturated heterocycles. The van der Waals surface area contributed by atoms with Crippen molar-refractivity contribution in [1.82, 2.24) is 0 Å². The number of rotatable bonds is 2. The number of hydrogen-bond acceptors (Lipinski definition) is 4. The number of fused-ring (bicyclic) bond motifs is 4. The van der Waals surface area contributed by atoms with Crippen molar-refractivity contribution >= 4 is 0 Å². The van der Waals surface area contributed by atoms with Gasteiger partial charge in [-0.05, 0) is 56.3 Å². The van der Waals surface area contributed by atoms with Crippen molar-refractivity contribution in [2.24, 2.45) is 23.0 Å². The van der Waals surface area contributed by atoms with Gasteiger partial charge in [-0.25, -0.2) is 0 Å². The quantitative estimate of drug-likeness (QED) is 0.812. The average molecular weight is 253 g/mol. The molecule has 3 unspecified atom stereocenters. The van der Waals surface area contributed by atoms with Crippen molar-refractivity contribution in [2.75, 3.05) is 6.61 Å². The molecule has 3 saturated carbocycles. The van der Waals surface area contributed by atoms with Gasteiger partial charge >= 0.3 is 0 Å². The molecule has 0 radical (unpaired) electrons. The smallest absolute Gasteiger partial charge is 0.272 e. The van der Waals surface area contributed by atoms with Crippen LogP contribution in [-0.4, -0.2) is 31.3 Å². The number of nitrogens with two attached hydrogens (primary N) is 1. The van der Waals surface area contributed by atoms with Gasteiger partial charge < -0.3 is 19.9 Å². The minimum absolute atomic E-state index is 0.215. The molecule has 4 rings (SSSR count). The van der Waals surface area contributed by atoms with E-state index in [4.69, 9.17) is 19.9 Å². The molecule has 18 heavy (non-hydrogen) atoms. The van der Waals surface area contributed by atoms with Crippen LogP contribution in [0.5, 0.6) is 0 Å². The Morgan fingerprint density at radius 3 is 2.50 bits per heavy atom. The highest BCUT2D eigenvalue weighted by atomic mass is 16.9.